The molecule has 8 aromatic rings. The minimum atomic E-state index is 0.432. The van der Waals surface area contributed by atoms with Crippen LogP contribution in [-0.2, 0) is 25.7 Å². The van der Waals surface area contributed by atoms with Crippen molar-refractivity contribution in [3.8, 4) is 69.0 Å². The van der Waals surface area contributed by atoms with E-state index in [-0.39, 0.29) is 0 Å². The number of hydrogen-bond acceptors (Lipinski definition) is 12. The molecule has 9 rings (SSSR count). The highest BCUT2D eigenvalue weighted by molar-refractivity contribution is 6.10. The number of benzene rings is 8. The minimum Gasteiger partial charge on any atom is -0.496 e. The summed E-state index contributed by atoms with van der Waals surface area (Å²) in [6.45, 7) is 0. The molecule has 0 saturated heterocycles. The standard InChI is InChI=1S/C56H56O12/c1-57-45-27-46(58-2)30-13-29(45)15-33-19-49(61-5)37-23-38-42(25-41(37)53(33)65-9)55(67-11)35(21-51(38)63-7)17-31-14-32(48(60-4)28-47(31)59-3)18-36-22-52(64-8)40-24-39-43(26-44(40)56(36)68-12)54(66-10)34(16-30)20-50(39)62-6/h13-14,19-28H,15-18H2,1-12H3. The maximum Gasteiger partial charge on any atom is 0.130 e. The molecule has 1 aliphatic carbocycles. The fourth-order valence-corrected chi connectivity index (χ4v) is 10.3. The highest BCUT2D eigenvalue weighted by atomic mass is 16.5. The lowest BCUT2D eigenvalue weighted by atomic mass is 9.90. The van der Waals surface area contributed by atoms with Crippen molar-refractivity contribution in [2.45, 2.75) is 25.7 Å². The van der Waals surface area contributed by atoms with Crippen molar-refractivity contribution < 1.29 is 56.8 Å². The Bertz CT molecular complexity index is 2860. The van der Waals surface area contributed by atoms with Gasteiger partial charge in [0.15, 0.2) is 0 Å². The average Bonchev–Trinajstić information content (AvgIpc) is 3.36. The van der Waals surface area contributed by atoms with E-state index in [4.69, 9.17) is 56.8 Å². The summed E-state index contributed by atoms with van der Waals surface area (Å²) in [6, 6.07) is 24.6. The number of methoxy groups -OCH3 is 12. The molecule has 8 aromatic carbocycles. The number of hydrogen-bond donors (Lipinski definition) is 0. The summed E-state index contributed by atoms with van der Waals surface area (Å²) in [5.41, 5.74) is 7.20. The molecule has 12 heteroatoms. The van der Waals surface area contributed by atoms with Crippen LogP contribution in [-0.4, -0.2) is 85.3 Å². The number of rotatable bonds is 12. The van der Waals surface area contributed by atoms with Gasteiger partial charge >= 0.3 is 0 Å². The van der Waals surface area contributed by atoms with Crippen LogP contribution in [0.5, 0.6) is 69.0 Å². The third-order valence-corrected chi connectivity index (χ3v) is 13.3. The molecule has 1 aliphatic rings. The summed E-state index contributed by atoms with van der Waals surface area (Å²) in [7, 11) is 20.1. The van der Waals surface area contributed by atoms with E-state index in [9.17, 15) is 0 Å². The monoisotopic (exact) mass is 920 g/mol. The first-order chi connectivity index (χ1) is 33.1. The quantitative estimate of drug-likeness (QED) is 0.109. The molecule has 12 bridgehead atoms. The Labute approximate surface area is 396 Å². The molecule has 12 nitrogen and oxygen atoms in total. The molecule has 0 N–H and O–H groups in total. The van der Waals surface area contributed by atoms with Crippen molar-refractivity contribution in [3.05, 3.63) is 117 Å². The lowest BCUT2D eigenvalue weighted by Gasteiger charge is -2.22. The highest BCUT2D eigenvalue weighted by Crippen LogP contribution is 2.49. The van der Waals surface area contributed by atoms with E-state index in [2.05, 4.69) is 36.4 Å². The normalized spacial score (nSPS) is 12.2. The number of fused-ring (bicyclic) bond motifs is 8. The van der Waals surface area contributed by atoms with Crippen molar-refractivity contribution in [3.63, 3.8) is 0 Å². The first-order valence-corrected chi connectivity index (χ1v) is 22.1. The average molecular weight is 921 g/mol. The molecule has 352 valence electrons. The first kappa shape index (κ1) is 45.6. The second-order valence-electron chi connectivity index (χ2n) is 16.6. The van der Waals surface area contributed by atoms with Crippen LogP contribution < -0.4 is 56.8 Å². The molecule has 0 aliphatic heterocycles. The Morgan fingerprint density at radius 3 is 0.588 bits per heavy atom. The zero-order valence-electron chi connectivity index (χ0n) is 40.7. The molecule has 0 radical (unpaired) electrons. The zero-order valence-corrected chi connectivity index (χ0v) is 40.7. The Hall–Kier alpha value is -7.60. The summed E-state index contributed by atoms with van der Waals surface area (Å²) < 4.78 is 74.2. The molecule has 0 spiro atoms. The summed E-state index contributed by atoms with van der Waals surface area (Å²) in [4.78, 5) is 0. The van der Waals surface area contributed by atoms with Gasteiger partial charge in [-0.05, 0) is 82.9 Å². The zero-order chi connectivity index (χ0) is 48.0. The molecular formula is C56H56O12. The second-order valence-corrected chi connectivity index (χ2v) is 16.6. The molecule has 0 fully saturated rings. The van der Waals surface area contributed by atoms with Crippen LogP contribution in [0.2, 0.25) is 0 Å². The van der Waals surface area contributed by atoms with Crippen molar-refractivity contribution >= 4 is 43.1 Å². The molecule has 0 atom stereocenters. The second kappa shape index (κ2) is 18.6. The lowest BCUT2D eigenvalue weighted by molar-refractivity contribution is 0.387. The fourth-order valence-electron chi connectivity index (χ4n) is 10.3. The number of ether oxygens (including phenoxy) is 12. The molecule has 68 heavy (non-hydrogen) atoms. The molecule has 0 aromatic heterocycles. The van der Waals surface area contributed by atoms with E-state index in [1.165, 1.54) is 0 Å². The third kappa shape index (κ3) is 7.48. The minimum absolute atomic E-state index is 0.432. The van der Waals surface area contributed by atoms with E-state index in [1.807, 2.05) is 36.4 Å². The van der Waals surface area contributed by atoms with Gasteiger partial charge in [-0.15, -0.1) is 0 Å². The molecule has 0 saturated carbocycles. The van der Waals surface area contributed by atoms with E-state index < -0.39 is 0 Å². The van der Waals surface area contributed by atoms with Crippen LogP contribution in [0.1, 0.15) is 44.5 Å². The Balaban J connectivity index is 1.40. The lowest BCUT2D eigenvalue weighted by Crippen LogP contribution is -2.05. The van der Waals surface area contributed by atoms with Crippen molar-refractivity contribution in [2.75, 3.05) is 85.3 Å². The Kier molecular flexibility index (Phi) is 12.5. The van der Waals surface area contributed by atoms with E-state index in [0.29, 0.717) is 94.7 Å². The van der Waals surface area contributed by atoms with Crippen LogP contribution in [0.4, 0.5) is 0 Å². The molecule has 0 unspecified atom stereocenters. The van der Waals surface area contributed by atoms with Crippen molar-refractivity contribution in [1.29, 1.82) is 0 Å². The van der Waals surface area contributed by atoms with Gasteiger partial charge in [0.2, 0.25) is 0 Å². The predicted molar refractivity (Wildman–Crippen MR) is 266 cm³/mol. The van der Waals surface area contributed by atoms with Gasteiger partial charge in [0.25, 0.3) is 0 Å². The third-order valence-electron chi connectivity index (χ3n) is 13.3. The van der Waals surface area contributed by atoms with Crippen LogP contribution >= 0.6 is 0 Å². The molecule has 0 heterocycles. The van der Waals surface area contributed by atoms with E-state index in [0.717, 1.165) is 87.6 Å². The SMILES string of the molecule is COc1cc(OC)c2cc1Cc1cc(OC)c3cc4c(OC)cc(c(OC)c4cc3c1OC)Cc1cc(c(OC)cc1OC)Cc1cc(OC)c3cc4c(OC)cc(c(OC)c4cc3c1OC)C2. The van der Waals surface area contributed by atoms with Gasteiger partial charge < -0.3 is 56.8 Å². The summed E-state index contributed by atoms with van der Waals surface area (Å²) in [5.74, 6) is 8.08. The highest BCUT2D eigenvalue weighted by Gasteiger charge is 2.26. The molecular weight excluding hydrogens is 865 g/mol. The van der Waals surface area contributed by atoms with Crippen LogP contribution in [0, 0.1) is 0 Å². The predicted octanol–water partition coefficient (Wildman–Crippen LogP) is 11.1. The van der Waals surface area contributed by atoms with E-state index in [1.54, 1.807) is 85.3 Å². The Morgan fingerprint density at radius 2 is 0.397 bits per heavy atom. The maximum absolute atomic E-state index is 6.34. The summed E-state index contributed by atoms with van der Waals surface area (Å²) in [6.07, 6.45) is 1.73. The summed E-state index contributed by atoms with van der Waals surface area (Å²) >= 11 is 0. The smallest absolute Gasteiger partial charge is 0.130 e. The van der Waals surface area contributed by atoms with Gasteiger partial charge in [0.05, 0.1) is 85.3 Å². The fraction of sp³-hybridized carbons (Fsp3) is 0.286. The first-order valence-electron chi connectivity index (χ1n) is 22.1. The van der Waals surface area contributed by atoms with Crippen LogP contribution in [0.15, 0.2) is 72.8 Å². The van der Waals surface area contributed by atoms with Gasteiger partial charge in [0.1, 0.15) is 69.0 Å². The van der Waals surface area contributed by atoms with Gasteiger partial charge in [0, 0.05) is 103 Å². The van der Waals surface area contributed by atoms with Crippen molar-refractivity contribution in [2.24, 2.45) is 0 Å². The van der Waals surface area contributed by atoms with E-state index >= 15 is 0 Å². The topological polar surface area (TPSA) is 111 Å². The van der Waals surface area contributed by atoms with Gasteiger partial charge in [-0.1, -0.05) is 0 Å². The molecule has 0 amide bonds. The van der Waals surface area contributed by atoms with Crippen molar-refractivity contribution in [1.82, 2.24) is 0 Å². The summed E-state index contributed by atoms with van der Waals surface area (Å²) in [5, 5.41) is 6.77. The van der Waals surface area contributed by atoms with Crippen LogP contribution in [0.25, 0.3) is 43.1 Å². The van der Waals surface area contributed by atoms with Gasteiger partial charge in [-0.25, -0.2) is 0 Å². The largest absolute Gasteiger partial charge is 0.496 e. The Morgan fingerprint density at radius 1 is 0.191 bits per heavy atom. The van der Waals surface area contributed by atoms with Crippen LogP contribution in [0.3, 0.4) is 0 Å². The maximum atomic E-state index is 6.34. The van der Waals surface area contributed by atoms with Gasteiger partial charge in [-0.2, -0.15) is 0 Å². The van der Waals surface area contributed by atoms with Gasteiger partial charge in [-0.3, -0.25) is 0 Å².